The van der Waals surface area contributed by atoms with E-state index in [-0.39, 0.29) is 0 Å². The Morgan fingerprint density at radius 3 is 2.54 bits per heavy atom. The lowest BCUT2D eigenvalue weighted by Gasteiger charge is -2.15. The van der Waals surface area contributed by atoms with Crippen LogP contribution in [0.1, 0.15) is 24.4 Å². The van der Waals surface area contributed by atoms with Crippen LogP contribution in [0.5, 0.6) is 0 Å². The number of aliphatic hydroxyl groups excluding tert-OH is 1. The number of furan rings is 1. The SMILES string of the molecule is CC(O)c1ccoc1C[Si](C)(C)C. The predicted octanol–water partition coefficient (Wildman–Crippen LogP) is 2.75. The zero-order chi connectivity index (χ0) is 10.1. The summed E-state index contributed by atoms with van der Waals surface area (Å²) < 4.78 is 5.38. The molecule has 0 bridgehead atoms. The van der Waals surface area contributed by atoms with Gasteiger partial charge in [-0.1, -0.05) is 19.6 Å². The third-order valence-electron chi connectivity index (χ3n) is 1.92. The van der Waals surface area contributed by atoms with E-state index in [9.17, 15) is 5.11 Å². The fourth-order valence-electron chi connectivity index (χ4n) is 1.35. The second kappa shape index (κ2) is 3.68. The smallest absolute Gasteiger partial charge is 0.106 e. The third-order valence-corrected chi connectivity index (χ3v) is 3.30. The van der Waals surface area contributed by atoms with Crippen LogP contribution in [0.15, 0.2) is 16.7 Å². The molecule has 1 N–H and O–H groups in total. The summed E-state index contributed by atoms with van der Waals surface area (Å²) in [6.45, 7) is 8.66. The van der Waals surface area contributed by atoms with Gasteiger partial charge < -0.3 is 9.52 Å². The van der Waals surface area contributed by atoms with E-state index in [0.717, 1.165) is 17.4 Å². The lowest BCUT2D eigenvalue weighted by atomic mass is 10.2. The Morgan fingerprint density at radius 2 is 2.08 bits per heavy atom. The van der Waals surface area contributed by atoms with Gasteiger partial charge in [0.2, 0.25) is 0 Å². The Labute approximate surface area is 80.6 Å². The second-order valence-electron chi connectivity index (χ2n) is 4.71. The Morgan fingerprint density at radius 1 is 1.46 bits per heavy atom. The van der Waals surface area contributed by atoms with E-state index in [1.165, 1.54) is 0 Å². The number of aliphatic hydroxyl groups is 1. The molecular weight excluding hydrogens is 180 g/mol. The van der Waals surface area contributed by atoms with Crippen molar-refractivity contribution in [3.63, 3.8) is 0 Å². The zero-order valence-corrected chi connectivity index (χ0v) is 9.79. The minimum Gasteiger partial charge on any atom is -0.469 e. The molecule has 1 unspecified atom stereocenters. The molecule has 0 aliphatic rings. The van der Waals surface area contributed by atoms with Gasteiger partial charge in [-0.25, -0.2) is 0 Å². The van der Waals surface area contributed by atoms with Crippen molar-refractivity contribution in [1.29, 1.82) is 0 Å². The number of rotatable bonds is 3. The fraction of sp³-hybridized carbons (Fsp3) is 0.600. The Kier molecular flexibility index (Phi) is 2.98. The molecule has 1 aromatic heterocycles. The highest BCUT2D eigenvalue weighted by molar-refractivity contribution is 6.75. The van der Waals surface area contributed by atoms with Gasteiger partial charge in [0.05, 0.1) is 20.4 Å². The summed E-state index contributed by atoms with van der Waals surface area (Å²) in [7, 11) is -1.14. The first kappa shape index (κ1) is 10.5. The van der Waals surface area contributed by atoms with Crippen LogP contribution in [-0.4, -0.2) is 13.2 Å². The molecule has 1 heterocycles. The summed E-state index contributed by atoms with van der Waals surface area (Å²) in [5.41, 5.74) is 0.947. The van der Waals surface area contributed by atoms with E-state index in [4.69, 9.17) is 4.42 Å². The van der Waals surface area contributed by atoms with Crippen LogP contribution in [0, 0.1) is 0 Å². The lowest BCUT2D eigenvalue weighted by molar-refractivity contribution is 0.197. The zero-order valence-electron chi connectivity index (χ0n) is 8.79. The van der Waals surface area contributed by atoms with Gasteiger partial charge in [0.25, 0.3) is 0 Å². The van der Waals surface area contributed by atoms with Gasteiger partial charge in [0.1, 0.15) is 5.76 Å². The van der Waals surface area contributed by atoms with Crippen LogP contribution in [-0.2, 0) is 6.04 Å². The topological polar surface area (TPSA) is 33.4 Å². The molecule has 3 heteroatoms. The van der Waals surface area contributed by atoms with Crippen molar-refractivity contribution in [3.8, 4) is 0 Å². The maximum Gasteiger partial charge on any atom is 0.106 e. The van der Waals surface area contributed by atoms with Crippen molar-refractivity contribution < 1.29 is 9.52 Å². The van der Waals surface area contributed by atoms with Crippen LogP contribution in [0.2, 0.25) is 19.6 Å². The van der Waals surface area contributed by atoms with Crippen LogP contribution in [0.4, 0.5) is 0 Å². The minimum atomic E-state index is -1.14. The summed E-state index contributed by atoms with van der Waals surface area (Å²) in [6.07, 6.45) is 1.25. The van der Waals surface area contributed by atoms with Crippen molar-refractivity contribution in [1.82, 2.24) is 0 Å². The second-order valence-corrected chi connectivity index (χ2v) is 10.2. The maximum absolute atomic E-state index is 9.45. The van der Waals surface area contributed by atoms with Crippen LogP contribution >= 0.6 is 0 Å². The van der Waals surface area contributed by atoms with Crippen molar-refractivity contribution in [2.24, 2.45) is 0 Å². The van der Waals surface area contributed by atoms with Crippen molar-refractivity contribution >= 4 is 8.07 Å². The van der Waals surface area contributed by atoms with Gasteiger partial charge in [0.15, 0.2) is 0 Å². The molecule has 1 rings (SSSR count). The van der Waals surface area contributed by atoms with E-state index in [2.05, 4.69) is 19.6 Å². The van der Waals surface area contributed by atoms with Gasteiger partial charge in [-0.3, -0.25) is 0 Å². The van der Waals surface area contributed by atoms with E-state index in [1.54, 1.807) is 13.2 Å². The van der Waals surface area contributed by atoms with Gasteiger partial charge in [-0.05, 0) is 13.0 Å². The fourth-order valence-corrected chi connectivity index (χ4v) is 2.60. The average molecular weight is 198 g/mol. The monoisotopic (exact) mass is 198 g/mol. The molecule has 1 atom stereocenters. The molecule has 1 aromatic rings. The quantitative estimate of drug-likeness (QED) is 0.758. The van der Waals surface area contributed by atoms with Crippen molar-refractivity contribution in [3.05, 3.63) is 23.7 Å². The summed E-state index contributed by atoms with van der Waals surface area (Å²) in [5, 5.41) is 9.45. The van der Waals surface area contributed by atoms with Crippen LogP contribution in [0.3, 0.4) is 0 Å². The van der Waals surface area contributed by atoms with E-state index in [1.807, 2.05) is 6.07 Å². The molecular formula is C10H18O2Si. The highest BCUT2D eigenvalue weighted by Gasteiger charge is 2.20. The standard InChI is InChI=1S/C10H18O2Si/c1-8(11)9-5-6-12-10(9)7-13(2,3)4/h5-6,8,11H,7H2,1-4H3. The Hall–Kier alpha value is -0.543. The van der Waals surface area contributed by atoms with Gasteiger partial charge in [-0.2, -0.15) is 0 Å². The molecule has 0 amide bonds. The Bertz CT molecular complexity index is 271. The first-order valence-corrected chi connectivity index (χ1v) is 8.35. The van der Waals surface area contributed by atoms with Gasteiger partial charge in [-0.15, -0.1) is 0 Å². The lowest BCUT2D eigenvalue weighted by Crippen LogP contribution is -2.24. The van der Waals surface area contributed by atoms with Gasteiger partial charge >= 0.3 is 0 Å². The van der Waals surface area contributed by atoms with Crippen LogP contribution in [0.25, 0.3) is 0 Å². The molecule has 0 aliphatic carbocycles. The van der Waals surface area contributed by atoms with Crippen LogP contribution < -0.4 is 0 Å². The largest absolute Gasteiger partial charge is 0.469 e. The summed E-state index contributed by atoms with van der Waals surface area (Å²) in [4.78, 5) is 0. The summed E-state index contributed by atoms with van der Waals surface area (Å²) in [5.74, 6) is 0.967. The number of hydrogen-bond acceptors (Lipinski definition) is 2. The molecule has 0 fully saturated rings. The summed E-state index contributed by atoms with van der Waals surface area (Å²) in [6, 6.07) is 2.86. The molecule has 2 nitrogen and oxygen atoms in total. The minimum absolute atomic E-state index is 0.412. The molecule has 13 heavy (non-hydrogen) atoms. The third kappa shape index (κ3) is 3.01. The highest BCUT2D eigenvalue weighted by Crippen LogP contribution is 2.22. The molecule has 0 aromatic carbocycles. The Balaban J connectivity index is 2.83. The first-order valence-electron chi connectivity index (χ1n) is 4.64. The molecule has 0 aliphatic heterocycles. The first-order chi connectivity index (χ1) is 5.90. The molecule has 74 valence electrons. The number of hydrogen-bond donors (Lipinski definition) is 1. The van der Waals surface area contributed by atoms with E-state index in [0.29, 0.717) is 0 Å². The van der Waals surface area contributed by atoms with Crippen molar-refractivity contribution in [2.75, 3.05) is 0 Å². The van der Waals surface area contributed by atoms with Crippen molar-refractivity contribution in [2.45, 2.75) is 38.7 Å². The molecule has 0 spiro atoms. The molecule has 0 saturated carbocycles. The average Bonchev–Trinajstić information content (AvgIpc) is 2.31. The van der Waals surface area contributed by atoms with E-state index >= 15 is 0 Å². The van der Waals surface area contributed by atoms with E-state index < -0.39 is 14.2 Å². The normalized spacial score (nSPS) is 14.5. The highest BCUT2D eigenvalue weighted by atomic mass is 28.3. The predicted molar refractivity (Wildman–Crippen MR) is 56.4 cm³/mol. The molecule has 0 saturated heterocycles. The van der Waals surface area contributed by atoms with Gasteiger partial charge in [0, 0.05) is 11.6 Å². The maximum atomic E-state index is 9.45. The summed E-state index contributed by atoms with van der Waals surface area (Å²) >= 11 is 0. The molecule has 0 radical (unpaired) electrons.